The monoisotopic (exact) mass is 299 g/mol. The van der Waals surface area contributed by atoms with Gasteiger partial charge in [-0.2, -0.15) is 0 Å². The van der Waals surface area contributed by atoms with Crippen molar-refractivity contribution in [2.24, 2.45) is 0 Å². The average molecular weight is 300 g/mol. The Kier molecular flexibility index (Phi) is 5.00. The van der Waals surface area contributed by atoms with E-state index in [-0.39, 0.29) is 0 Å². The van der Waals surface area contributed by atoms with Crippen molar-refractivity contribution in [2.45, 2.75) is 29.6 Å². The summed E-state index contributed by atoms with van der Waals surface area (Å²) in [5.41, 5.74) is 1.24. The van der Waals surface area contributed by atoms with Crippen LogP contribution in [-0.2, 0) is 6.54 Å². The molecule has 1 heterocycles. The van der Waals surface area contributed by atoms with Crippen LogP contribution in [0.3, 0.4) is 0 Å². The van der Waals surface area contributed by atoms with Gasteiger partial charge in [-0.15, -0.1) is 10.2 Å². The first kappa shape index (κ1) is 13.8. The second kappa shape index (κ2) is 6.52. The van der Waals surface area contributed by atoms with Crippen LogP contribution in [0, 0.1) is 6.92 Å². The third-order valence-electron chi connectivity index (χ3n) is 2.30. The summed E-state index contributed by atoms with van der Waals surface area (Å²) in [4.78, 5) is 1.14. The lowest BCUT2D eigenvalue weighted by molar-refractivity contribution is 0.718. The largest absolute Gasteiger partial charge is 0.313 e. The first-order valence-electron chi connectivity index (χ1n) is 5.66. The lowest BCUT2D eigenvalue weighted by Crippen LogP contribution is -2.12. The molecule has 0 unspecified atom stereocenters. The van der Waals surface area contributed by atoms with E-state index in [4.69, 9.17) is 11.6 Å². The fraction of sp³-hybridized carbons (Fsp3) is 0.333. The molecule has 0 aliphatic rings. The van der Waals surface area contributed by atoms with Gasteiger partial charge in [0.05, 0.1) is 0 Å². The predicted octanol–water partition coefficient (Wildman–Crippen LogP) is 3.76. The first-order valence-corrected chi connectivity index (χ1v) is 7.67. The zero-order valence-corrected chi connectivity index (χ0v) is 12.6. The number of rotatable bonds is 5. The molecular weight excluding hydrogens is 286 g/mol. The highest BCUT2D eigenvalue weighted by Gasteiger charge is 2.08. The molecule has 3 nitrogen and oxygen atoms in total. The van der Waals surface area contributed by atoms with Gasteiger partial charge in [0.2, 0.25) is 0 Å². The van der Waals surface area contributed by atoms with Crippen molar-refractivity contribution in [3.63, 3.8) is 0 Å². The van der Waals surface area contributed by atoms with Crippen LogP contribution in [0.15, 0.2) is 27.4 Å². The summed E-state index contributed by atoms with van der Waals surface area (Å²) < 4.78 is 0.951. The fourth-order valence-electron chi connectivity index (χ4n) is 1.44. The molecule has 2 rings (SSSR count). The molecule has 2 aromatic rings. The van der Waals surface area contributed by atoms with E-state index in [1.807, 2.05) is 19.1 Å². The van der Waals surface area contributed by atoms with E-state index in [0.29, 0.717) is 0 Å². The van der Waals surface area contributed by atoms with Gasteiger partial charge in [-0.1, -0.05) is 47.7 Å². The molecule has 0 aliphatic heterocycles. The van der Waals surface area contributed by atoms with Gasteiger partial charge in [0, 0.05) is 16.5 Å². The maximum atomic E-state index is 6.06. The number of nitrogens with one attached hydrogen (secondary N) is 1. The van der Waals surface area contributed by atoms with Crippen molar-refractivity contribution in [3.05, 3.63) is 33.8 Å². The summed E-state index contributed by atoms with van der Waals surface area (Å²) in [7, 11) is 0. The molecule has 0 radical (unpaired) electrons. The third-order valence-corrected chi connectivity index (χ3v) is 4.52. The topological polar surface area (TPSA) is 37.8 Å². The van der Waals surface area contributed by atoms with Crippen molar-refractivity contribution >= 4 is 34.7 Å². The van der Waals surface area contributed by atoms with Gasteiger partial charge in [0.1, 0.15) is 5.01 Å². The molecule has 0 spiro atoms. The molecule has 96 valence electrons. The minimum absolute atomic E-state index is 0.749. The highest BCUT2D eigenvalue weighted by atomic mass is 35.5. The van der Waals surface area contributed by atoms with Gasteiger partial charge in [-0.05, 0) is 31.2 Å². The highest BCUT2D eigenvalue weighted by molar-refractivity contribution is 8.01. The summed E-state index contributed by atoms with van der Waals surface area (Å²) in [6, 6.07) is 5.96. The van der Waals surface area contributed by atoms with E-state index in [2.05, 4.69) is 28.5 Å². The molecule has 1 aromatic heterocycles. The second-order valence-electron chi connectivity index (χ2n) is 3.72. The van der Waals surface area contributed by atoms with Crippen molar-refractivity contribution in [2.75, 3.05) is 6.54 Å². The van der Waals surface area contributed by atoms with Crippen LogP contribution in [0.25, 0.3) is 0 Å². The highest BCUT2D eigenvalue weighted by Crippen LogP contribution is 2.34. The van der Waals surface area contributed by atoms with Gasteiger partial charge in [0.25, 0.3) is 0 Å². The first-order chi connectivity index (χ1) is 8.69. The minimum Gasteiger partial charge on any atom is -0.313 e. The summed E-state index contributed by atoms with van der Waals surface area (Å²) in [5, 5.41) is 13.2. The Morgan fingerprint density at radius 2 is 2.22 bits per heavy atom. The molecule has 0 bridgehead atoms. The van der Waals surface area contributed by atoms with E-state index >= 15 is 0 Å². The van der Waals surface area contributed by atoms with Gasteiger partial charge in [0.15, 0.2) is 4.34 Å². The van der Waals surface area contributed by atoms with Gasteiger partial charge in [-0.3, -0.25) is 0 Å². The van der Waals surface area contributed by atoms with E-state index < -0.39 is 0 Å². The van der Waals surface area contributed by atoms with Crippen LogP contribution in [0.1, 0.15) is 17.5 Å². The van der Waals surface area contributed by atoms with Crippen molar-refractivity contribution in [1.29, 1.82) is 0 Å². The Morgan fingerprint density at radius 1 is 1.39 bits per heavy atom. The number of hydrogen-bond donors (Lipinski definition) is 1. The fourth-order valence-corrected chi connectivity index (χ4v) is 3.62. The Hall–Kier alpha value is -0.620. The number of halogens is 1. The lowest BCUT2D eigenvalue weighted by atomic mass is 10.2. The Morgan fingerprint density at radius 3 is 2.89 bits per heavy atom. The lowest BCUT2D eigenvalue weighted by Gasteiger charge is -2.08. The number of hydrogen-bond acceptors (Lipinski definition) is 5. The van der Waals surface area contributed by atoms with Crippen molar-refractivity contribution in [3.8, 4) is 0 Å². The van der Waals surface area contributed by atoms with E-state index in [1.165, 1.54) is 5.56 Å². The standard InChI is InChI=1S/C12H14ClN3S2/c1-3-14-7-9-4-5-10(13)6-11(9)18-12-16-15-8(2)17-12/h4-6,14H,3,7H2,1-2H3. The summed E-state index contributed by atoms with van der Waals surface area (Å²) >= 11 is 9.27. The Bertz CT molecular complexity index is 528. The Balaban J connectivity index is 2.21. The quantitative estimate of drug-likeness (QED) is 0.912. The Labute approximate surface area is 120 Å². The molecule has 1 aromatic carbocycles. The van der Waals surface area contributed by atoms with Crippen molar-refractivity contribution in [1.82, 2.24) is 15.5 Å². The summed E-state index contributed by atoms with van der Waals surface area (Å²) in [6.07, 6.45) is 0. The average Bonchev–Trinajstić information content (AvgIpc) is 2.74. The van der Waals surface area contributed by atoms with Crippen LogP contribution in [0.2, 0.25) is 5.02 Å². The molecular formula is C12H14ClN3S2. The van der Waals surface area contributed by atoms with E-state index in [1.54, 1.807) is 23.1 Å². The maximum Gasteiger partial charge on any atom is 0.179 e. The zero-order valence-electron chi connectivity index (χ0n) is 10.2. The van der Waals surface area contributed by atoms with E-state index in [9.17, 15) is 0 Å². The minimum atomic E-state index is 0.749. The van der Waals surface area contributed by atoms with Crippen LogP contribution >= 0.6 is 34.7 Å². The molecule has 0 saturated carbocycles. The molecule has 1 N–H and O–H groups in total. The summed E-state index contributed by atoms with van der Waals surface area (Å²) in [5.74, 6) is 0. The van der Waals surface area contributed by atoms with Gasteiger partial charge < -0.3 is 5.32 Å². The SMILES string of the molecule is CCNCc1ccc(Cl)cc1Sc1nnc(C)s1. The number of aryl methyl sites for hydroxylation is 1. The summed E-state index contributed by atoms with van der Waals surface area (Å²) in [6.45, 7) is 5.84. The molecule has 0 aliphatic carbocycles. The predicted molar refractivity (Wildman–Crippen MR) is 77.6 cm³/mol. The molecule has 18 heavy (non-hydrogen) atoms. The van der Waals surface area contributed by atoms with Gasteiger partial charge >= 0.3 is 0 Å². The third kappa shape index (κ3) is 3.68. The van der Waals surface area contributed by atoms with Gasteiger partial charge in [-0.25, -0.2) is 0 Å². The van der Waals surface area contributed by atoms with E-state index in [0.717, 1.165) is 32.4 Å². The van der Waals surface area contributed by atoms with Crippen LogP contribution in [-0.4, -0.2) is 16.7 Å². The molecule has 0 fully saturated rings. The molecule has 0 saturated heterocycles. The van der Waals surface area contributed by atoms with Crippen LogP contribution < -0.4 is 5.32 Å². The second-order valence-corrected chi connectivity index (χ2v) is 6.63. The molecule has 0 amide bonds. The van der Waals surface area contributed by atoms with Crippen molar-refractivity contribution < 1.29 is 0 Å². The number of benzene rings is 1. The maximum absolute atomic E-state index is 6.06. The zero-order chi connectivity index (χ0) is 13.0. The smallest absolute Gasteiger partial charge is 0.179 e. The normalized spacial score (nSPS) is 10.8. The van der Waals surface area contributed by atoms with Crippen LogP contribution in [0.4, 0.5) is 0 Å². The molecule has 0 atom stereocenters. The van der Waals surface area contributed by atoms with Crippen LogP contribution in [0.5, 0.6) is 0 Å². The number of aromatic nitrogens is 2. The molecule has 6 heteroatoms. The number of nitrogens with zero attached hydrogens (tertiary/aromatic N) is 2.